The largest absolute Gasteiger partial charge is 0.324 e. The molecule has 3 heterocycles. The summed E-state index contributed by atoms with van der Waals surface area (Å²) in [7, 11) is 0. The molecule has 0 aromatic heterocycles. The number of hydrogen-bond acceptors (Lipinski definition) is 5. The summed E-state index contributed by atoms with van der Waals surface area (Å²) in [6.45, 7) is 0. The van der Waals surface area contributed by atoms with Crippen molar-refractivity contribution in [3.63, 3.8) is 0 Å². The highest BCUT2D eigenvalue weighted by atomic mass is 16.2. The minimum atomic E-state index is -0.929. The highest BCUT2D eigenvalue weighted by Crippen LogP contribution is 2.52. The van der Waals surface area contributed by atoms with E-state index >= 15 is 0 Å². The van der Waals surface area contributed by atoms with Gasteiger partial charge in [0.15, 0.2) is 0 Å². The molecule has 7 rings (SSSR count). The second-order valence-corrected chi connectivity index (χ2v) is 9.59. The van der Waals surface area contributed by atoms with Crippen LogP contribution in [0.2, 0.25) is 0 Å². The number of carbonyl (C=O) groups is 3. The number of rotatable bonds is 3. The summed E-state index contributed by atoms with van der Waals surface area (Å²) in [6, 6.07) is 28.7. The van der Waals surface area contributed by atoms with Gasteiger partial charge in [-0.3, -0.25) is 19.4 Å². The van der Waals surface area contributed by atoms with E-state index in [0.717, 1.165) is 21.9 Å². The van der Waals surface area contributed by atoms with E-state index in [1.807, 2.05) is 78.9 Å². The molecule has 180 valence electrons. The van der Waals surface area contributed by atoms with Gasteiger partial charge in [0.05, 0.1) is 29.8 Å². The molecule has 0 radical (unpaired) electrons. The van der Waals surface area contributed by atoms with Gasteiger partial charge in [-0.15, -0.1) is 0 Å². The molecular weight excluding hydrogens is 464 g/mol. The maximum atomic E-state index is 14.0. The molecular formula is C30H22N4O3. The van der Waals surface area contributed by atoms with Gasteiger partial charge in [0.25, 0.3) is 0 Å². The Morgan fingerprint density at radius 1 is 0.757 bits per heavy atom. The van der Waals surface area contributed by atoms with E-state index in [9.17, 15) is 14.4 Å². The molecule has 0 spiro atoms. The van der Waals surface area contributed by atoms with Gasteiger partial charge in [-0.05, 0) is 46.2 Å². The van der Waals surface area contributed by atoms with Crippen molar-refractivity contribution in [3.05, 3.63) is 108 Å². The second kappa shape index (κ2) is 8.13. The van der Waals surface area contributed by atoms with Gasteiger partial charge in [-0.1, -0.05) is 72.8 Å². The van der Waals surface area contributed by atoms with Crippen molar-refractivity contribution in [2.45, 2.75) is 12.1 Å². The molecule has 4 aromatic carbocycles. The minimum Gasteiger partial charge on any atom is -0.324 e. The summed E-state index contributed by atoms with van der Waals surface area (Å²) in [6.07, 6.45) is 1.70. The number of hydrogen-bond donors (Lipinski definition) is 1. The lowest BCUT2D eigenvalue weighted by Gasteiger charge is -2.33. The average molecular weight is 487 g/mol. The zero-order chi connectivity index (χ0) is 25.1. The van der Waals surface area contributed by atoms with Crippen LogP contribution in [-0.4, -0.2) is 35.0 Å². The Kier molecular flexibility index (Phi) is 4.72. The molecule has 7 heteroatoms. The monoisotopic (exact) mass is 486 g/mol. The molecule has 1 N–H and O–H groups in total. The molecule has 4 aromatic rings. The van der Waals surface area contributed by atoms with Crippen molar-refractivity contribution in [1.29, 1.82) is 0 Å². The number of para-hydroxylation sites is 1. The molecule has 0 bridgehead atoms. The Balaban J connectivity index is 1.33. The van der Waals surface area contributed by atoms with Crippen molar-refractivity contribution in [3.8, 4) is 0 Å². The minimum absolute atomic E-state index is 0.304. The van der Waals surface area contributed by atoms with Crippen LogP contribution in [0.5, 0.6) is 0 Å². The Hall–Kier alpha value is -4.78. The molecule has 0 unspecified atom stereocenters. The zero-order valence-electron chi connectivity index (χ0n) is 19.7. The van der Waals surface area contributed by atoms with Crippen LogP contribution in [0.15, 0.2) is 102 Å². The zero-order valence-corrected chi connectivity index (χ0v) is 19.7. The first-order valence-electron chi connectivity index (χ1n) is 12.3. The topological polar surface area (TPSA) is 82.1 Å². The number of fused-ring (bicyclic) bond motifs is 6. The standard InChI is InChI=1S/C30H22N4O3/c35-28(32-21-11-2-1-3-12-21)27-25-24(26-23-13-7-6-10-20(23)17-31-34(26)27)29(36)33(30(25)37)22-15-14-18-8-4-5-9-19(18)16-22/h1-17,24-27H,(H,32,35)/t24-,25+,26+,27-/m0/s1. The van der Waals surface area contributed by atoms with Crippen molar-refractivity contribution in [1.82, 2.24) is 5.01 Å². The number of carbonyl (C=O) groups excluding carboxylic acids is 3. The van der Waals surface area contributed by atoms with Crippen molar-refractivity contribution in [2.75, 3.05) is 10.2 Å². The van der Waals surface area contributed by atoms with E-state index in [1.54, 1.807) is 29.4 Å². The van der Waals surface area contributed by atoms with Gasteiger partial charge >= 0.3 is 0 Å². The molecule has 0 saturated carbocycles. The summed E-state index contributed by atoms with van der Waals surface area (Å²) in [4.78, 5) is 43.0. The third-order valence-electron chi connectivity index (χ3n) is 7.59. The van der Waals surface area contributed by atoms with Gasteiger partial charge in [0, 0.05) is 5.69 Å². The van der Waals surface area contributed by atoms with E-state index in [0.29, 0.717) is 11.4 Å². The molecule has 2 saturated heterocycles. The number of nitrogens with one attached hydrogen (secondary N) is 1. The number of hydrazone groups is 1. The van der Waals surface area contributed by atoms with E-state index in [-0.39, 0.29) is 17.7 Å². The summed E-state index contributed by atoms with van der Waals surface area (Å²) in [5.74, 6) is -2.63. The second-order valence-electron chi connectivity index (χ2n) is 9.59. The fourth-order valence-electron chi connectivity index (χ4n) is 5.98. The molecule has 3 amide bonds. The molecule has 0 aliphatic carbocycles. The third kappa shape index (κ3) is 3.20. The average Bonchev–Trinajstić information content (AvgIpc) is 3.41. The van der Waals surface area contributed by atoms with Crippen molar-refractivity contribution in [2.24, 2.45) is 16.9 Å². The molecule has 2 fully saturated rings. The number of imide groups is 1. The number of anilines is 2. The smallest absolute Gasteiger partial charge is 0.249 e. The molecule has 3 aliphatic rings. The lowest BCUT2D eigenvalue weighted by Crippen LogP contribution is -2.46. The number of nitrogens with zero attached hydrogens (tertiary/aromatic N) is 3. The molecule has 7 nitrogen and oxygen atoms in total. The SMILES string of the molecule is O=C(Nc1ccccc1)[C@@H]1[C@@H]2C(=O)N(c3ccc4ccccc4c3)C(=O)[C@@H]2[C@H]2c3ccccc3C=NN12. The van der Waals surface area contributed by atoms with E-state index in [4.69, 9.17) is 0 Å². The predicted octanol–water partition coefficient (Wildman–Crippen LogP) is 4.36. The van der Waals surface area contributed by atoms with Gasteiger partial charge in [-0.2, -0.15) is 5.10 Å². The van der Waals surface area contributed by atoms with Crippen molar-refractivity contribution < 1.29 is 14.4 Å². The van der Waals surface area contributed by atoms with Gasteiger partial charge in [0.2, 0.25) is 17.7 Å². The maximum Gasteiger partial charge on any atom is 0.249 e. The Bertz CT molecular complexity index is 1620. The van der Waals surface area contributed by atoms with Crippen molar-refractivity contribution >= 4 is 46.1 Å². The van der Waals surface area contributed by atoms with Crippen LogP contribution in [0, 0.1) is 11.8 Å². The normalized spacial score (nSPS) is 23.7. The van der Waals surface area contributed by atoms with Crippen LogP contribution in [0.3, 0.4) is 0 Å². The van der Waals surface area contributed by atoms with Gasteiger partial charge < -0.3 is 5.32 Å². The van der Waals surface area contributed by atoms with E-state index in [1.165, 1.54) is 4.90 Å². The Morgan fingerprint density at radius 2 is 1.46 bits per heavy atom. The fourth-order valence-corrected chi connectivity index (χ4v) is 5.98. The van der Waals surface area contributed by atoms with Crippen LogP contribution in [0.25, 0.3) is 10.8 Å². The number of amides is 3. The van der Waals surface area contributed by atoms with Crippen LogP contribution in [-0.2, 0) is 14.4 Å². The quantitative estimate of drug-likeness (QED) is 0.437. The summed E-state index contributed by atoms with van der Waals surface area (Å²) < 4.78 is 0. The summed E-state index contributed by atoms with van der Waals surface area (Å²) in [5.41, 5.74) is 2.92. The first-order valence-corrected chi connectivity index (χ1v) is 12.3. The fraction of sp³-hybridized carbons (Fsp3) is 0.133. The Labute approximate surface area is 213 Å². The summed E-state index contributed by atoms with van der Waals surface area (Å²) in [5, 5.41) is 11.1. The highest BCUT2D eigenvalue weighted by Gasteiger charge is 2.65. The lowest BCUT2D eigenvalue weighted by molar-refractivity contribution is -0.129. The van der Waals surface area contributed by atoms with Crippen LogP contribution < -0.4 is 10.2 Å². The number of benzene rings is 4. The molecule has 3 aliphatic heterocycles. The maximum absolute atomic E-state index is 14.0. The lowest BCUT2D eigenvalue weighted by atomic mass is 9.85. The summed E-state index contributed by atoms with van der Waals surface area (Å²) >= 11 is 0. The molecule has 37 heavy (non-hydrogen) atoms. The Morgan fingerprint density at radius 3 is 2.30 bits per heavy atom. The highest BCUT2D eigenvalue weighted by molar-refractivity contribution is 6.24. The van der Waals surface area contributed by atoms with E-state index < -0.39 is 23.9 Å². The molecule has 4 atom stereocenters. The first kappa shape index (κ1) is 21.5. The van der Waals surface area contributed by atoms with Crippen LogP contribution in [0.4, 0.5) is 11.4 Å². The van der Waals surface area contributed by atoms with Crippen LogP contribution in [0.1, 0.15) is 17.2 Å². The van der Waals surface area contributed by atoms with Crippen LogP contribution >= 0.6 is 0 Å². The van der Waals surface area contributed by atoms with Gasteiger partial charge in [0.1, 0.15) is 6.04 Å². The third-order valence-corrected chi connectivity index (χ3v) is 7.59. The van der Waals surface area contributed by atoms with E-state index in [2.05, 4.69) is 10.4 Å². The van der Waals surface area contributed by atoms with Gasteiger partial charge in [-0.25, -0.2) is 4.90 Å². The first-order chi connectivity index (χ1) is 18.1. The predicted molar refractivity (Wildman–Crippen MR) is 141 cm³/mol.